The van der Waals surface area contributed by atoms with Crippen molar-refractivity contribution in [2.75, 3.05) is 7.11 Å². The number of nitriles is 1. The molecule has 0 saturated heterocycles. The Balaban J connectivity index is 3.28. The predicted molar refractivity (Wildman–Crippen MR) is 55.4 cm³/mol. The van der Waals surface area contributed by atoms with Crippen molar-refractivity contribution in [1.82, 2.24) is 0 Å². The average Bonchev–Trinajstić information content (AvgIpc) is 2.17. The normalized spacial score (nSPS) is 9.38. The van der Waals surface area contributed by atoms with Gasteiger partial charge in [0.15, 0.2) is 0 Å². The van der Waals surface area contributed by atoms with E-state index in [1.807, 2.05) is 6.07 Å². The van der Waals surface area contributed by atoms with Crippen molar-refractivity contribution in [2.24, 2.45) is 0 Å². The third-order valence-electron chi connectivity index (χ3n) is 1.63. The van der Waals surface area contributed by atoms with Gasteiger partial charge in [-0.05, 0) is 17.7 Å². The summed E-state index contributed by atoms with van der Waals surface area (Å²) in [5.74, 6) is 0.557. The van der Waals surface area contributed by atoms with Crippen LogP contribution in [0.5, 0.6) is 5.75 Å². The van der Waals surface area contributed by atoms with E-state index in [2.05, 4.69) is 15.9 Å². The molecule has 0 fully saturated rings. The van der Waals surface area contributed by atoms with E-state index in [1.54, 1.807) is 12.1 Å². The molecule has 0 heterocycles. The molecule has 68 valence electrons. The molecular weight excluding hydrogens is 253 g/mol. The molecule has 1 rings (SSSR count). The van der Waals surface area contributed by atoms with Crippen LogP contribution in [0.25, 0.3) is 0 Å². The largest absolute Gasteiger partial charge is 0.495 e. The van der Waals surface area contributed by atoms with Gasteiger partial charge in [-0.15, -0.1) is 0 Å². The van der Waals surface area contributed by atoms with Gasteiger partial charge >= 0.3 is 0 Å². The molecule has 0 N–H and O–H groups in total. The number of benzene rings is 1. The lowest BCUT2D eigenvalue weighted by Gasteiger charge is -2.06. The number of ether oxygens (including phenoxy) is 1. The second kappa shape index (κ2) is 4.50. The van der Waals surface area contributed by atoms with Crippen LogP contribution in [0.2, 0.25) is 5.02 Å². The lowest BCUT2D eigenvalue weighted by atomic mass is 10.1. The predicted octanol–water partition coefficient (Wildman–Crippen LogP) is 3.12. The summed E-state index contributed by atoms with van der Waals surface area (Å²) in [6, 6.07) is 5.38. The second-order valence-electron chi connectivity index (χ2n) is 2.39. The van der Waals surface area contributed by atoms with Crippen LogP contribution in [0.3, 0.4) is 0 Å². The molecular formula is C9H7BrClNO. The van der Waals surface area contributed by atoms with Gasteiger partial charge in [-0.3, -0.25) is 0 Å². The van der Waals surface area contributed by atoms with E-state index in [0.717, 1.165) is 5.56 Å². The molecule has 1 aromatic rings. The number of alkyl halides is 1. The zero-order valence-corrected chi connectivity index (χ0v) is 9.32. The summed E-state index contributed by atoms with van der Waals surface area (Å²) < 4.78 is 5.03. The van der Waals surface area contributed by atoms with E-state index in [0.29, 0.717) is 21.7 Å². The van der Waals surface area contributed by atoms with E-state index in [1.165, 1.54) is 7.11 Å². The van der Waals surface area contributed by atoms with Crippen molar-refractivity contribution in [2.45, 2.75) is 5.33 Å². The number of hydrogen-bond acceptors (Lipinski definition) is 2. The number of hydrogen-bond donors (Lipinski definition) is 0. The molecule has 0 aliphatic carbocycles. The highest BCUT2D eigenvalue weighted by Gasteiger charge is 2.07. The Morgan fingerprint density at radius 2 is 2.31 bits per heavy atom. The van der Waals surface area contributed by atoms with Gasteiger partial charge in [-0.1, -0.05) is 27.5 Å². The average molecular weight is 261 g/mol. The monoisotopic (exact) mass is 259 g/mol. The van der Waals surface area contributed by atoms with Crippen LogP contribution in [-0.4, -0.2) is 7.11 Å². The van der Waals surface area contributed by atoms with Crippen molar-refractivity contribution < 1.29 is 4.74 Å². The number of methoxy groups -OCH3 is 1. The molecule has 0 amide bonds. The molecule has 0 aliphatic heterocycles. The van der Waals surface area contributed by atoms with Gasteiger partial charge in [0.1, 0.15) is 11.8 Å². The molecule has 0 spiro atoms. The third kappa shape index (κ3) is 2.15. The Morgan fingerprint density at radius 3 is 2.77 bits per heavy atom. The van der Waals surface area contributed by atoms with Crippen LogP contribution in [0.4, 0.5) is 0 Å². The summed E-state index contributed by atoms with van der Waals surface area (Å²) in [6.45, 7) is 0. The van der Waals surface area contributed by atoms with Gasteiger partial charge in [0.05, 0.1) is 12.7 Å². The Labute approximate surface area is 90.2 Å². The van der Waals surface area contributed by atoms with Crippen molar-refractivity contribution in [3.8, 4) is 11.8 Å². The van der Waals surface area contributed by atoms with Crippen LogP contribution in [0.1, 0.15) is 11.1 Å². The first-order chi connectivity index (χ1) is 6.22. The van der Waals surface area contributed by atoms with E-state index in [9.17, 15) is 0 Å². The topological polar surface area (TPSA) is 33.0 Å². The maximum absolute atomic E-state index is 8.74. The minimum atomic E-state index is 0.456. The van der Waals surface area contributed by atoms with E-state index in [4.69, 9.17) is 21.6 Å². The Hall–Kier alpha value is -0.720. The summed E-state index contributed by atoms with van der Waals surface area (Å²) in [7, 11) is 1.53. The maximum Gasteiger partial charge on any atom is 0.137 e. The second-order valence-corrected chi connectivity index (χ2v) is 3.36. The fourth-order valence-corrected chi connectivity index (χ4v) is 1.81. The Morgan fingerprint density at radius 1 is 1.62 bits per heavy atom. The van der Waals surface area contributed by atoms with Gasteiger partial charge in [-0.25, -0.2) is 0 Å². The first kappa shape index (κ1) is 10.4. The molecule has 13 heavy (non-hydrogen) atoms. The number of rotatable bonds is 2. The molecule has 0 aromatic heterocycles. The highest BCUT2D eigenvalue weighted by atomic mass is 79.9. The fourth-order valence-electron chi connectivity index (χ4n) is 0.954. The molecule has 4 heteroatoms. The molecule has 0 atom stereocenters. The van der Waals surface area contributed by atoms with Gasteiger partial charge in [-0.2, -0.15) is 5.26 Å². The first-order valence-corrected chi connectivity index (χ1v) is 5.05. The summed E-state index contributed by atoms with van der Waals surface area (Å²) in [5, 5.41) is 9.96. The van der Waals surface area contributed by atoms with Crippen LogP contribution in [0.15, 0.2) is 12.1 Å². The van der Waals surface area contributed by atoms with Gasteiger partial charge < -0.3 is 4.74 Å². The number of nitrogens with zero attached hydrogens (tertiary/aromatic N) is 1. The van der Waals surface area contributed by atoms with Crippen molar-refractivity contribution in [3.05, 3.63) is 28.3 Å². The molecule has 0 saturated carbocycles. The fraction of sp³-hybridized carbons (Fsp3) is 0.222. The molecule has 2 nitrogen and oxygen atoms in total. The van der Waals surface area contributed by atoms with Crippen LogP contribution < -0.4 is 4.74 Å². The van der Waals surface area contributed by atoms with E-state index in [-0.39, 0.29) is 0 Å². The zero-order chi connectivity index (χ0) is 9.84. The Bertz CT molecular complexity index is 359. The standard InChI is InChI=1S/C9H7BrClNO/c1-13-9-3-6(4-10)8(11)2-7(9)5-12/h2-3H,4H2,1H3. The first-order valence-electron chi connectivity index (χ1n) is 3.55. The van der Waals surface area contributed by atoms with Gasteiger partial charge in [0.25, 0.3) is 0 Å². The summed E-state index contributed by atoms with van der Waals surface area (Å²) in [6.07, 6.45) is 0. The summed E-state index contributed by atoms with van der Waals surface area (Å²) in [5.41, 5.74) is 1.37. The SMILES string of the molecule is COc1cc(CBr)c(Cl)cc1C#N. The molecule has 0 bridgehead atoms. The molecule has 1 aromatic carbocycles. The maximum atomic E-state index is 8.74. The third-order valence-corrected chi connectivity index (χ3v) is 2.59. The number of halogens is 2. The quantitative estimate of drug-likeness (QED) is 0.766. The van der Waals surface area contributed by atoms with Gasteiger partial charge in [0, 0.05) is 10.4 Å². The van der Waals surface area contributed by atoms with Crippen molar-refractivity contribution in [3.63, 3.8) is 0 Å². The Kier molecular flexibility index (Phi) is 3.58. The van der Waals surface area contributed by atoms with Crippen LogP contribution in [0, 0.1) is 11.3 Å². The van der Waals surface area contributed by atoms with Crippen molar-refractivity contribution in [1.29, 1.82) is 5.26 Å². The minimum absolute atomic E-state index is 0.456. The highest BCUT2D eigenvalue weighted by Crippen LogP contribution is 2.27. The van der Waals surface area contributed by atoms with Crippen LogP contribution in [-0.2, 0) is 5.33 Å². The highest BCUT2D eigenvalue weighted by molar-refractivity contribution is 9.08. The molecule has 0 unspecified atom stereocenters. The van der Waals surface area contributed by atoms with E-state index < -0.39 is 0 Å². The van der Waals surface area contributed by atoms with E-state index >= 15 is 0 Å². The van der Waals surface area contributed by atoms with Crippen molar-refractivity contribution >= 4 is 27.5 Å². The summed E-state index contributed by atoms with van der Waals surface area (Å²) >= 11 is 9.20. The van der Waals surface area contributed by atoms with Crippen LogP contribution >= 0.6 is 27.5 Å². The molecule has 0 aliphatic rings. The lowest BCUT2D eigenvalue weighted by Crippen LogP contribution is -1.90. The molecule has 0 radical (unpaired) electrons. The smallest absolute Gasteiger partial charge is 0.137 e. The van der Waals surface area contributed by atoms with Gasteiger partial charge in [0.2, 0.25) is 0 Å². The zero-order valence-electron chi connectivity index (χ0n) is 6.97. The summed E-state index contributed by atoms with van der Waals surface area (Å²) in [4.78, 5) is 0. The lowest BCUT2D eigenvalue weighted by molar-refractivity contribution is 0.413. The minimum Gasteiger partial charge on any atom is -0.495 e.